The van der Waals surface area contributed by atoms with E-state index in [1.807, 2.05) is 0 Å². The molecule has 0 N–H and O–H groups in total. The van der Waals surface area contributed by atoms with Gasteiger partial charge in [-0.2, -0.15) is 17.6 Å². The Hall–Kier alpha value is -0.780. The van der Waals surface area contributed by atoms with Gasteiger partial charge in [0.2, 0.25) is 0 Å². The number of allylic oxidation sites excluding steroid dienone is 1. The fourth-order valence-electron chi connectivity index (χ4n) is 1.09. The van der Waals surface area contributed by atoms with Gasteiger partial charge >= 0.3 is 17.8 Å². The molecular formula is C7H5ClF4O2. The number of rotatable bonds is 2. The summed E-state index contributed by atoms with van der Waals surface area (Å²) in [4.78, 5) is 10.4. The first-order valence-electron chi connectivity index (χ1n) is 3.57. The van der Waals surface area contributed by atoms with Crippen LogP contribution in [-0.4, -0.2) is 17.8 Å². The van der Waals surface area contributed by atoms with Gasteiger partial charge in [0.25, 0.3) is 0 Å². The van der Waals surface area contributed by atoms with Gasteiger partial charge in [-0.25, -0.2) is 4.79 Å². The van der Waals surface area contributed by atoms with Crippen LogP contribution in [0, 0.1) is 5.92 Å². The number of hydrogen-bond acceptors (Lipinski definition) is 2. The molecule has 0 aliphatic heterocycles. The van der Waals surface area contributed by atoms with Crippen LogP contribution in [-0.2, 0) is 9.08 Å². The third-order valence-corrected chi connectivity index (χ3v) is 2.12. The third kappa shape index (κ3) is 1.70. The quantitative estimate of drug-likeness (QED) is 0.540. The fourth-order valence-corrected chi connectivity index (χ4v) is 1.14. The van der Waals surface area contributed by atoms with Crippen molar-refractivity contribution in [3.05, 3.63) is 12.2 Å². The molecule has 14 heavy (non-hydrogen) atoms. The lowest BCUT2D eigenvalue weighted by Crippen LogP contribution is -2.57. The summed E-state index contributed by atoms with van der Waals surface area (Å²) in [5, 5.41) is 0. The topological polar surface area (TPSA) is 26.3 Å². The molecule has 0 aromatic carbocycles. The van der Waals surface area contributed by atoms with E-state index in [2.05, 4.69) is 16.2 Å². The lowest BCUT2D eigenvalue weighted by Gasteiger charge is -2.42. The van der Waals surface area contributed by atoms with Gasteiger partial charge in [-0.05, 0) is 0 Å². The molecule has 1 rings (SSSR count). The molecule has 0 spiro atoms. The molecule has 0 bridgehead atoms. The zero-order valence-electron chi connectivity index (χ0n) is 6.65. The normalized spacial score (nSPS) is 28.5. The Balaban J connectivity index is 2.60. The molecule has 7 heteroatoms. The highest BCUT2D eigenvalue weighted by molar-refractivity contribution is 6.14. The van der Waals surface area contributed by atoms with E-state index >= 15 is 0 Å². The molecule has 0 amide bonds. The van der Waals surface area contributed by atoms with Gasteiger partial charge in [-0.1, -0.05) is 6.08 Å². The van der Waals surface area contributed by atoms with Crippen molar-refractivity contribution in [2.45, 2.75) is 18.3 Å². The predicted octanol–water partition coefficient (Wildman–Crippen LogP) is 2.53. The van der Waals surface area contributed by atoms with E-state index in [0.29, 0.717) is 12.2 Å². The van der Waals surface area contributed by atoms with Crippen LogP contribution in [0.2, 0.25) is 0 Å². The van der Waals surface area contributed by atoms with Gasteiger partial charge in [0.15, 0.2) is 0 Å². The van der Waals surface area contributed by atoms with E-state index in [1.165, 1.54) is 0 Å². The summed E-state index contributed by atoms with van der Waals surface area (Å²) in [6.07, 6.45) is 0.287. The van der Waals surface area contributed by atoms with Crippen molar-refractivity contribution in [1.82, 2.24) is 0 Å². The molecule has 2 nitrogen and oxygen atoms in total. The van der Waals surface area contributed by atoms with Gasteiger partial charge in [-0.3, -0.25) is 0 Å². The second-order valence-electron chi connectivity index (χ2n) is 2.89. The number of alkyl halides is 4. The maximum Gasteiger partial charge on any atom is 0.348 e. The number of halogens is 5. The van der Waals surface area contributed by atoms with Gasteiger partial charge in [0, 0.05) is 12.5 Å². The smallest absolute Gasteiger partial charge is 0.344 e. The Morgan fingerprint density at radius 3 is 2.36 bits per heavy atom. The van der Waals surface area contributed by atoms with Gasteiger partial charge in [0.1, 0.15) is 11.9 Å². The molecule has 1 saturated carbocycles. The van der Waals surface area contributed by atoms with Crippen LogP contribution >= 0.6 is 11.9 Å². The molecule has 0 aromatic rings. The molecular weight excluding hydrogens is 228 g/mol. The number of carbonyl (C=O) groups excluding carboxylic acids is 1. The first-order valence-corrected chi connectivity index (χ1v) is 3.88. The molecule has 1 unspecified atom stereocenters. The van der Waals surface area contributed by atoms with E-state index in [-0.39, 0.29) is 0 Å². The summed E-state index contributed by atoms with van der Waals surface area (Å²) in [6.45, 7) is 0. The molecule has 0 heterocycles. The molecule has 1 aliphatic carbocycles. The van der Waals surface area contributed by atoms with E-state index in [9.17, 15) is 22.4 Å². The van der Waals surface area contributed by atoms with Gasteiger partial charge in [-0.15, -0.1) is 0 Å². The van der Waals surface area contributed by atoms with E-state index < -0.39 is 30.2 Å². The van der Waals surface area contributed by atoms with Crippen LogP contribution < -0.4 is 0 Å². The van der Waals surface area contributed by atoms with Crippen molar-refractivity contribution < 1.29 is 26.6 Å². The molecule has 0 saturated heterocycles. The second-order valence-corrected chi connectivity index (χ2v) is 3.05. The zero-order valence-corrected chi connectivity index (χ0v) is 7.40. The zero-order chi connectivity index (χ0) is 11.0. The highest BCUT2D eigenvalue weighted by Crippen LogP contribution is 2.55. The van der Waals surface area contributed by atoms with Gasteiger partial charge < -0.3 is 4.29 Å². The molecule has 1 fully saturated rings. The van der Waals surface area contributed by atoms with Crippen molar-refractivity contribution in [3.63, 3.8) is 0 Å². The van der Waals surface area contributed by atoms with E-state index in [4.69, 9.17) is 0 Å². The minimum absolute atomic E-state index is 0.598. The minimum atomic E-state index is -4.10. The fraction of sp³-hybridized carbons (Fsp3) is 0.571. The SMILES string of the molecule is O=C(C=CC1CC(F)(F)C1(F)F)OCl. The monoisotopic (exact) mass is 232 g/mol. The molecule has 1 aliphatic rings. The summed E-state index contributed by atoms with van der Waals surface area (Å²) in [5.41, 5.74) is 0. The average molecular weight is 233 g/mol. The number of carbonyl (C=O) groups is 1. The van der Waals surface area contributed by atoms with Crippen LogP contribution in [0.5, 0.6) is 0 Å². The number of hydrogen-bond donors (Lipinski definition) is 0. The van der Waals surface area contributed by atoms with Crippen LogP contribution in [0.15, 0.2) is 12.2 Å². The third-order valence-electron chi connectivity index (χ3n) is 1.97. The molecule has 0 aromatic heterocycles. The van der Waals surface area contributed by atoms with E-state index in [1.54, 1.807) is 0 Å². The van der Waals surface area contributed by atoms with Crippen molar-refractivity contribution in [2.24, 2.45) is 5.92 Å². The summed E-state index contributed by atoms with van der Waals surface area (Å²) in [7, 11) is 0. The van der Waals surface area contributed by atoms with Crippen LogP contribution in [0.4, 0.5) is 17.6 Å². The van der Waals surface area contributed by atoms with Crippen molar-refractivity contribution in [2.75, 3.05) is 0 Å². The Bertz CT molecular complexity index is 277. The van der Waals surface area contributed by atoms with Crippen LogP contribution in [0.3, 0.4) is 0 Å². The predicted molar refractivity (Wildman–Crippen MR) is 39.1 cm³/mol. The first-order chi connectivity index (χ1) is 6.31. The summed E-state index contributed by atoms with van der Waals surface area (Å²) in [5.74, 6) is -10.8. The maximum absolute atomic E-state index is 12.5. The summed E-state index contributed by atoms with van der Waals surface area (Å²) < 4.78 is 53.2. The maximum atomic E-state index is 12.5. The lowest BCUT2D eigenvalue weighted by atomic mass is 9.76. The van der Waals surface area contributed by atoms with Crippen molar-refractivity contribution in [3.8, 4) is 0 Å². The summed E-state index contributed by atoms with van der Waals surface area (Å²) >= 11 is 4.59. The van der Waals surface area contributed by atoms with E-state index in [0.717, 1.165) is 0 Å². The van der Waals surface area contributed by atoms with Crippen molar-refractivity contribution in [1.29, 1.82) is 0 Å². The van der Waals surface area contributed by atoms with Crippen molar-refractivity contribution >= 4 is 17.8 Å². The molecule has 1 atom stereocenters. The Labute approximate surface area is 81.6 Å². The average Bonchev–Trinajstić information content (AvgIpc) is 2.11. The Kier molecular flexibility index (Phi) is 2.76. The van der Waals surface area contributed by atoms with Gasteiger partial charge in [0.05, 0.1) is 5.92 Å². The first kappa shape index (κ1) is 11.3. The minimum Gasteiger partial charge on any atom is -0.344 e. The Morgan fingerprint density at radius 1 is 1.43 bits per heavy atom. The van der Waals surface area contributed by atoms with Crippen LogP contribution in [0.1, 0.15) is 6.42 Å². The summed E-state index contributed by atoms with van der Waals surface area (Å²) in [6, 6.07) is 0. The highest BCUT2D eigenvalue weighted by atomic mass is 35.5. The standard InChI is InChI=1S/C7H5ClF4O2/c8-14-5(13)2-1-4-3-6(9,10)7(4,11)12/h1-2,4H,3H2. The second kappa shape index (κ2) is 3.42. The molecule has 80 valence electrons. The lowest BCUT2D eigenvalue weighted by molar-refractivity contribution is -0.301. The van der Waals surface area contributed by atoms with Crippen LogP contribution in [0.25, 0.3) is 0 Å². The Morgan fingerprint density at radius 2 is 2.00 bits per heavy atom. The molecule has 0 radical (unpaired) electrons. The largest absolute Gasteiger partial charge is 0.348 e. The highest BCUT2D eigenvalue weighted by Gasteiger charge is 2.70.